The molecule has 0 spiro atoms. The molecule has 0 radical (unpaired) electrons. The van der Waals surface area contributed by atoms with Gasteiger partial charge in [0.2, 0.25) is 0 Å². The van der Waals surface area contributed by atoms with Gasteiger partial charge >= 0.3 is 5.97 Å². The second kappa shape index (κ2) is 8.52. The van der Waals surface area contributed by atoms with Gasteiger partial charge in [0.1, 0.15) is 12.4 Å². The van der Waals surface area contributed by atoms with E-state index in [1.54, 1.807) is 19.1 Å². The van der Waals surface area contributed by atoms with Crippen molar-refractivity contribution in [3.63, 3.8) is 0 Å². The molecule has 2 N–H and O–H groups in total. The normalized spacial score (nSPS) is 10.5. The van der Waals surface area contributed by atoms with E-state index in [1.807, 2.05) is 0 Å². The highest BCUT2D eigenvalue weighted by molar-refractivity contribution is 5.95. The van der Waals surface area contributed by atoms with Gasteiger partial charge in [-0.25, -0.2) is 10.2 Å². The summed E-state index contributed by atoms with van der Waals surface area (Å²) in [6.07, 6.45) is 5.72. The number of amides is 1. The minimum Gasteiger partial charge on any atom is -0.505 e. The predicted octanol–water partition coefficient (Wildman–Crippen LogP) is 1.87. The number of aromatic hydroxyl groups is 1. The van der Waals surface area contributed by atoms with E-state index in [9.17, 15) is 14.7 Å². The molecule has 2 rings (SSSR count). The van der Waals surface area contributed by atoms with Gasteiger partial charge in [-0.15, -0.1) is 0 Å². The molecule has 0 fully saturated rings. The second-order valence-corrected chi connectivity index (χ2v) is 5.42. The maximum Gasteiger partial charge on any atom is 0.333 e. The summed E-state index contributed by atoms with van der Waals surface area (Å²) in [6.45, 7) is 6.53. The molecular formula is C18H18N4O4. The topological polar surface area (TPSA) is 114 Å². The summed E-state index contributed by atoms with van der Waals surface area (Å²) in [5.74, 6) is -1.10. The number of esters is 1. The van der Waals surface area contributed by atoms with E-state index in [4.69, 9.17) is 4.74 Å². The third kappa shape index (κ3) is 4.73. The van der Waals surface area contributed by atoms with E-state index in [0.29, 0.717) is 22.4 Å². The van der Waals surface area contributed by atoms with Crippen molar-refractivity contribution >= 4 is 18.1 Å². The summed E-state index contributed by atoms with van der Waals surface area (Å²) in [5, 5.41) is 14.1. The number of aryl methyl sites for hydroxylation is 1. The fourth-order valence-corrected chi connectivity index (χ4v) is 1.90. The van der Waals surface area contributed by atoms with E-state index in [0.717, 1.165) is 0 Å². The first-order chi connectivity index (χ1) is 12.4. The molecule has 0 aliphatic carbocycles. The number of carbonyl (C=O) groups is 2. The van der Waals surface area contributed by atoms with E-state index in [-0.39, 0.29) is 17.9 Å². The van der Waals surface area contributed by atoms with Crippen LogP contribution >= 0.6 is 0 Å². The number of rotatable bonds is 6. The molecule has 0 aliphatic rings. The standard InChI is InChI=1S/C18H18N4O4/c1-11(2)18(25)26-10-14-8-20-12(3)16(23)15(14)9-21-22-17(24)13-4-6-19-7-5-13/h4-9,23H,1,10H2,2-3H3,(H,22,24). The lowest BCUT2D eigenvalue weighted by atomic mass is 10.1. The van der Waals surface area contributed by atoms with Gasteiger partial charge in [-0.3, -0.25) is 14.8 Å². The van der Waals surface area contributed by atoms with Crippen molar-refractivity contribution in [3.05, 3.63) is 65.3 Å². The lowest BCUT2D eigenvalue weighted by Gasteiger charge is -2.10. The Hall–Kier alpha value is -3.55. The Morgan fingerprint density at radius 3 is 2.73 bits per heavy atom. The smallest absolute Gasteiger partial charge is 0.333 e. The van der Waals surface area contributed by atoms with Crippen molar-refractivity contribution < 1.29 is 19.4 Å². The molecule has 8 heteroatoms. The molecular weight excluding hydrogens is 336 g/mol. The summed E-state index contributed by atoms with van der Waals surface area (Å²) in [4.78, 5) is 31.4. The van der Waals surface area contributed by atoms with E-state index >= 15 is 0 Å². The Balaban J connectivity index is 2.16. The lowest BCUT2D eigenvalue weighted by Crippen LogP contribution is -2.17. The van der Waals surface area contributed by atoms with Crippen LogP contribution in [0.5, 0.6) is 5.75 Å². The van der Waals surface area contributed by atoms with Crippen molar-refractivity contribution in [2.24, 2.45) is 5.10 Å². The van der Waals surface area contributed by atoms with Crippen molar-refractivity contribution in [1.29, 1.82) is 0 Å². The predicted molar refractivity (Wildman–Crippen MR) is 94.5 cm³/mol. The number of hydrazone groups is 1. The summed E-state index contributed by atoms with van der Waals surface area (Å²) < 4.78 is 5.08. The molecule has 0 saturated heterocycles. The maximum absolute atomic E-state index is 12.0. The summed E-state index contributed by atoms with van der Waals surface area (Å²) >= 11 is 0. The Labute approximate surface area is 150 Å². The minimum absolute atomic E-state index is 0.115. The highest BCUT2D eigenvalue weighted by atomic mass is 16.5. The van der Waals surface area contributed by atoms with Gasteiger partial charge < -0.3 is 9.84 Å². The molecule has 0 atom stereocenters. The maximum atomic E-state index is 12.0. The molecule has 0 aliphatic heterocycles. The summed E-state index contributed by atoms with van der Waals surface area (Å²) in [7, 11) is 0. The number of nitrogens with zero attached hydrogens (tertiary/aromatic N) is 3. The number of hydrogen-bond donors (Lipinski definition) is 2. The summed E-state index contributed by atoms with van der Waals surface area (Å²) in [5.41, 5.74) is 4.11. The zero-order valence-corrected chi connectivity index (χ0v) is 14.4. The first kappa shape index (κ1) is 18.8. The van der Waals surface area contributed by atoms with Gasteiger partial charge in [0.25, 0.3) is 5.91 Å². The summed E-state index contributed by atoms with van der Waals surface area (Å²) in [6, 6.07) is 3.09. The molecule has 0 bridgehead atoms. The van der Waals surface area contributed by atoms with Crippen LogP contribution in [-0.4, -0.2) is 33.2 Å². The second-order valence-electron chi connectivity index (χ2n) is 5.42. The van der Waals surface area contributed by atoms with Gasteiger partial charge in [0.05, 0.1) is 11.9 Å². The Bertz CT molecular complexity index is 863. The van der Waals surface area contributed by atoms with Crippen LogP contribution in [0.4, 0.5) is 0 Å². The minimum atomic E-state index is -0.557. The first-order valence-electron chi connectivity index (χ1n) is 7.63. The Kier molecular flexibility index (Phi) is 6.15. The lowest BCUT2D eigenvalue weighted by molar-refractivity contribution is -0.140. The number of nitrogens with one attached hydrogen (secondary N) is 1. The van der Waals surface area contributed by atoms with Crippen LogP contribution in [0, 0.1) is 6.92 Å². The monoisotopic (exact) mass is 354 g/mol. The van der Waals surface area contributed by atoms with Crippen molar-refractivity contribution in [2.45, 2.75) is 20.5 Å². The number of carbonyl (C=O) groups excluding carboxylic acids is 2. The highest BCUT2D eigenvalue weighted by Crippen LogP contribution is 2.22. The largest absolute Gasteiger partial charge is 0.505 e. The van der Waals surface area contributed by atoms with E-state index < -0.39 is 11.9 Å². The van der Waals surface area contributed by atoms with Crippen LogP contribution in [-0.2, 0) is 16.1 Å². The average Bonchev–Trinajstić information content (AvgIpc) is 2.64. The Morgan fingerprint density at radius 2 is 2.08 bits per heavy atom. The van der Waals surface area contributed by atoms with Gasteiger partial charge in [0.15, 0.2) is 0 Å². The van der Waals surface area contributed by atoms with Crippen molar-refractivity contribution in [1.82, 2.24) is 15.4 Å². The van der Waals surface area contributed by atoms with E-state index in [2.05, 4.69) is 27.1 Å². The molecule has 1 amide bonds. The quantitative estimate of drug-likeness (QED) is 0.354. The number of hydrogen-bond acceptors (Lipinski definition) is 7. The molecule has 2 aromatic rings. The van der Waals surface area contributed by atoms with Crippen LogP contribution in [0.25, 0.3) is 0 Å². The molecule has 134 valence electrons. The molecule has 0 aromatic carbocycles. The van der Waals surface area contributed by atoms with Crippen LogP contribution < -0.4 is 5.43 Å². The zero-order chi connectivity index (χ0) is 19.1. The molecule has 0 saturated carbocycles. The SMILES string of the molecule is C=C(C)C(=O)OCc1cnc(C)c(O)c1C=NNC(=O)c1ccncc1. The molecule has 26 heavy (non-hydrogen) atoms. The van der Waals surface area contributed by atoms with Gasteiger partial charge in [-0.05, 0) is 26.0 Å². The highest BCUT2D eigenvalue weighted by Gasteiger charge is 2.13. The fourth-order valence-electron chi connectivity index (χ4n) is 1.90. The van der Waals surface area contributed by atoms with Crippen LogP contribution in [0.3, 0.4) is 0 Å². The van der Waals surface area contributed by atoms with E-state index in [1.165, 1.54) is 31.7 Å². The van der Waals surface area contributed by atoms with Crippen molar-refractivity contribution in [2.75, 3.05) is 0 Å². The van der Waals surface area contributed by atoms with Crippen LogP contribution in [0.15, 0.2) is 48.0 Å². The first-order valence-corrected chi connectivity index (χ1v) is 7.63. The van der Waals surface area contributed by atoms with Gasteiger partial charge in [0, 0.05) is 40.9 Å². The number of aromatic nitrogens is 2. The zero-order valence-electron chi connectivity index (χ0n) is 14.4. The van der Waals surface area contributed by atoms with Gasteiger partial charge in [-0.1, -0.05) is 6.58 Å². The Morgan fingerprint density at radius 1 is 1.38 bits per heavy atom. The third-order valence-corrected chi connectivity index (χ3v) is 3.37. The van der Waals surface area contributed by atoms with Gasteiger partial charge in [-0.2, -0.15) is 5.10 Å². The average molecular weight is 354 g/mol. The van der Waals surface area contributed by atoms with Crippen LogP contribution in [0.2, 0.25) is 0 Å². The number of ether oxygens (including phenoxy) is 1. The molecule has 8 nitrogen and oxygen atoms in total. The fraction of sp³-hybridized carbons (Fsp3) is 0.167. The van der Waals surface area contributed by atoms with Crippen LogP contribution in [0.1, 0.15) is 34.1 Å². The molecule has 0 unspecified atom stereocenters. The third-order valence-electron chi connectivity index (χ3n) is 3.37. The van der Waals surface area contributed by atoms with Crippen molar-refractivity contribution in [3.8, 4) is 5.75 Å². The molecule has 2 aromatic heterocycles. The molecule has 2 heterocycles. The number of pyridine rings is 2.